The van der Waals surface area contributed by atoms with Gasteiger partial charge in [-0.3, -0.25) is 9.10 Å². The molecule has 0 unspecified atom stereocenters. The number of aryl methyl sites for hydroxylation is 1. The highest BCUT2D eigenvalue weighted by Crippen LogP contribution is 2.37. The van der Waals surface area contributed by atoms with E-state index in [4.69, 9.17) is 21.1 Å². The van der Waals surface area contributed by atoms with Crippen molar-refractivity contribution >= 4 is 38.9 Å². The van der Waals surface area contributed by atoms with Crippen LogP contribution in [0.2, 0.25) is 5.02 Å². The van der Waals surface area contributed by atoms with Crippen LogP contribution in [0.15, 0.2) is 36.4 Å². The third kappa shape index (κ3) is 4.12. The SMILES string of the molecule is COc1ccc(C)cc1NC(=O)[C@H]1CN(S(C)(=O)=O)c2cc(Cl)ccc2O1. The fourth-order valence-corrected chi connectivity index (χ4v) is 3.88. The van der Waals surface area contributed by atoms with Gasteiger partial charge in [0.05, 0.1) is 31.3 Å². The third-order valence-electron chi connectivity index (χ3n) is 4.10. The number of rotatable bonds is 4. The minimum atomic E-state index is -3.62. The van der Waals surface area contributed by atoms with E-state index in [0.717, 1.165) is 16.1 Å². The van der Waals surface area contributed by atoms with Crippen LogP contribution in [0, 0.1) is 6.92 Å². The molecule has 9 heteroatoms. The lowest BCUT2D eigenvalue weighted by Gasteiger charge is -2.34. The number of sulfonamides is 1. The second kappa shape index (κ2) is 7.28. The van der Waals surface area contributed by atoms with Gasteiger partial charge in [0, 0.05) is 5.02 Å². The molecule has 0 aliphatic carbocycles. The van der Waals surface area contributed by atoms with Crippen molar-refractivity contribution in [2.24, 2.45) is 0 Å². The summed E-state index contributed by atoms with van der Waals surface area (Å²) in [6.45, 7) is 1.73. The van der Waals surface area contributed by atoms with Gasteiger partial charge in [-0.05, 0) is 42.8 Å². The zero-order valence-electron chi connectivity index (χ0n) is 15.0. The van der Waals surface area contributed by atoms with Crippen molar-refractivity contribution in [3.63, 3.8) is 0 Å². The van der Waals surface area contributed by atoms with Crippen LogP contribution in [0.4, 0.5) is 11.4 Å². The molecule has 1 heterocycles. The van der Waals surface area contributed by atoms with Gasteiger partial charge < -0.3 is 14.8 Å². The van der Waals surface area contributed by atoms with Crippen molar-refractivity contribution in [1.29, 1.82) is 0 Å². The second-order valence-electron chi connectivity index (χ2n) is 6.21. The Kier molecular flexibility index (Phi) is 5.21. The van der Waals surface area contributed by atoms with Gasteiger partial charge in [0.1, 0.15) is 11.5 Å². The molecular weight excluding hydrogens is 392 g/mol. The summed E-state index contributed by atoms with van der Waals surface area (Å²) >= 11 is 5.98. The van der Waals surface area contributed by atoms with Crippen molar-refractivity contribution < 1.29 is 22.7 Å². The van der Waals surface area contributed by atoms with E-state index < -0.39 is 22.0 Å². The maximum absolute atomic E-state index is 12.8. The number of amides is 1. The smallest absolute Gasteiger partial charge is 0.267 e. The van der Waals surface area contributed by atoms with Crippen LogP contribution >= 0.6 is 11.6 Å². The molecule has 0 saturated heterocycles. The lowest BCUT2D eigenvalue weighted by atomic mass is 10.2. The first-order valence-electron chi connectivity index (χ1n) is 8.08. The summed E-state index contributed by atoms with van der Waals surface area (Å²) in [5.41, 5.74) is 1.73. The second-order valence-corrected chi connectivity index (χ2v) is 8.55. The van der Waals surface area contributed by atoms with Crippen molar-refractivity contribution in [2.45, 2.75) is 13.0 Å². The van der Waals surface area contributed by atoms with Gasteiger partial charge in [-0.15, -0.1) is 0 Å². The number of nitrogens with zero attached hydrogens (tertiary/aromatic N) is 1. The van der Waals surface area contributed by atoms with Gasteiger partial charge in [-0.2, -0.15) is 0 Å². The molecule has 0 radical (unpaired) electrons. The normalized spacial score (nSPS) is 16.3. The molecule has 0 spiro atoms. The van der Waals surface area contributed by atoms with Crippen LogP contribution in [0.3, 0.4) is 0 Å². The summed E-state index contributed by atoms with van der Waals surface area (Å²) in [6.07, 6.45) is 0.0419. The predicted octanol–water partition coefficient (Wildman–Crippen LogP) is 2.82. The van der Waals surface area contributed by atoms with E-state index in [2.05, 4.69) is 5.32 Å². The van der Waals surface area contributed by atoms with Gasteiger partial charge in [0.2, 0.25) is 10.0 Å². The zero-order chi connectivity index (χ0) is 19.8. The summed E-state index contributed by atoms with van der Waals surface area (Å²) in [6, 6.07) is 9.98. The standard InChI is InChI=1S/C18H19ClN2O5S/c1-11-4-6-15(25-2)13(8-11)20-18(22)17-10-21(27(3,23)24)14-9-12(19)5-7-16(14)26-17/h4-9,17H,10H2,1-3H3,(H,20,22)/t17-/m1/s1. The number of anilines is 2. The molecular formula is C18H19ClN2O5S. The number of carbonyl (C=O) groups is 1. The quantitative estimate of drug-likeness (QED) is 0.837. The number of ether oxygens (including phenoxy) is 2. The summed E-state index contributed by atoms with van der Waals surface area (Å²) in [7, 11) is -2.12. The molecule has 1 N–H and O–H groups in total. The molecule has 3 rings (SSSR count). The van der Waals surface area contributed by atoms with E-state index in [9.17, 15) is 13.2 Å². The summed E-state index contributed by atoms with van der Waals surface area (Å²) in [5.74, 6) is 0.289. The number of fused-ring (bicyclic) bond motifs is 1. The Morgan fingerprint density at radius 1 is 1.30 bits per heavy atom. The Bertz CT molecular complexity index is 993. The van der Waals surface area contributed by atoms with Crippen LogP contribution in [0.5, 0.6) is 11.5 Å². The minimum Gasteiger partial charge on any atom is -0.495 e. The van der Waals surface area contributed by atoms with Gasteiger partial charge in [0.25, 0.3) is 5.91 Å². The highest BCUT2D eigenvalue weighted by atomic mass is 35.5. The van der Waals surface area contributed by atoms with Crippen molar-refractivity contribution in [1.82, 2.24) is 0 Å². The van der Waals surface area contributed by atoms with Gasteiger partial charge in [0.15, 0.2) is 6.10 Å². The van der Waals surface area contributed by atoms with E-state index in [1.807, 2.05) is 13.0 Å². The number of benzene rings is 2. The van der Waals surface area contributed by atoms with Crippen molar-refractivity contribution in [3.8, 4) is 11.5 Å². The van der Waals surface area contributed by atoms with Gasteiger partial charge in [-0.25, -0.2) is 8.42 Å². The maximum atomic E-state index is 12.8. The first kappa shape index (κ1) is 19.3. The molecule has 0 aromatic heterocycles. The first-order chi connectivity index (χ1) is 12.7. The van der Waals surface area contributed by atoms with Crippen LogP contribution in [0.1, 0.15) is 5.56 Å². The molecule has 0 bridgehead atoms. The Labute approximate surface area is 162 Å². The monoisotopic (exact) mass is 410 g/mol. The predicted molar refractivity (Wildman–Crippen MR) is 104 cm³/mol. The summed E-state index contributed by atoms with van der Waals surface area (Å²) < 4.78 is 36.5. The largest absolute Gasteiger partial charge is 0.495 e. The third-order valence-corrected chi connectivity index (χ3v) is 5.48. The number of nitrogens with one attached hydrogen (secondary N) is 1. The average molecular weight is 411 g/mol. The number of hydrogen-bond acceptors (Lipinski definition) is 5. The van der Waals surface area contributed by atoms with E-state index in [0.29, 0.717) is 22.1 Å². The molecule has 2 aromatic carbocycles. The van der Waals surface area contributed by atoms with Gasteiger partial charge in [-0.1, -0.05) is 17.7 Å². The lowest BCUT2D eigenvalue weighted by molar-refractivity contribution is -0.122. The molecule has 1 aliphatic heterocycles. The summed E-state index contributed by atoms with van der Waals surface area (Å²) in [5, 5.41) is 3.12. The van der Waals surface area contributed by atoms with E-state index >= 15 is 0 Å². The van der Waals surface area contributed by atoms with E-state index in [1.54, 1.807) is 24.3 Å². The highest BCUT2D eigenvalue weighted by Gasteiger charge is 2.35. The molecule has 1 amide bonds. The Morgan fingerprint density at radius 2 is 2.04 bits per heavy atom. The molecule has 27 heavy (non-hydrogen) atoms. The van der Waals surface area contributed by atoms with E-state index in [1.165, 1.54) is 13.2 Å². The Hall–Kier alpha value is -2.45. The van der Waals surface area contributed by atoms with Crippen molar-refractivity contribution in [3.05, 3.63) is 47.0 Å². The zero-order valence-corrected chi connectivity index (χ0v) is 16.6. The topological polar surface area (TPSA) is 84.9 Å². The van der Waals surface area contributed by atoms with Crippen LogP contribution in [-0.4, -0.2) is 40.3 Å². The molecule has 0 fully saturated rings. The van der Waals surface area contributed by atoms with E-state index in [-0.39, 0.29) is 12.3 Å². The highest BCUT2D eigenvalue weighted by molar-refractivity contribution is 7.92. The summed E-state index contributed by atoms with van der Waals surface area (Å²) in [4.78, 5) is 12.8. The average Bonchev–Trinajstić information content (AvgIpc) is 2.60. The maximum Gasteiger partial charge on any atom is 0.267 e. The number of halogens is 1. The Morgan fingerprint density at radius 3 is 2.70 bits per heavy atom. The van der Waals surface area contributed by atoms with Gasteiger partial charge >= 0.3 is 0 Å². The minimum absolute atomic E-state index is 0.161. The lowest BCUT2D eigenvalue weighted by Crippen LogP contribution is -2.48. The van der Waals surface area contributed by atoms with Crippen LogP contribution < -0.4 is 19.1 Å². The number of methoxy groups -OCH3 is 1. The number of hydrogen-bond donors (Lipinski definition) is 1. The molecule has 144 valence electrons. The molecule has 1 aliphatic rings. The number of carbonyl (C=O) groups excluding carboxylic acids is 1. The van der Waals surface area contributed by atoms with Crippen LogP contribution in [0.25, 0.3) is 0 Å². The fraction of sp³-hybridized carbons (Fsp3) is 0.278. The molecule has 2 aromatic rings. The van der Waals surface area contributed by atoms with Crippen molar-refractivity contribution in [2.75, 3.05) is 29.5 Å². The first-order valence-corrected chi connectivity index (χ1v) is 10.3. The molecule has 7 nitrogen and oxygen atoms in total. The fourth-order valence-electron chi connectivity index (χ4n) is 2.81. The molecule has 1 atom stereocenters. The molecule has 0 saturated carbocycles. The Balaban J connectivity index is 1.91. The van der Waals surface area contributed by atoms with Crippen LogP contribution in [-0.2, 0) is 14.8 Å².